The maximum atomic E-state index is 13.9. The molecule has 3 fully saturated rings. The number of anilines is 3. The van der Waals surface area contributed by atoms with Gasteiger partial charge in [0.15, 0.2) is 28.8 Å². The van der Waals surface area contributed by atoms with Crippen LogP contribution < -0.4 is 38.9 Å². The minimum Gasteiger partial charge on any atom is -0.560 e. The fourth-order valence-corrected chi connectivity index (χ4v) is 10.2. The minimum atomic E-state index is -0.911. The molecule has 0 bridgehead atoms. The molecule has 0 saturated carbocycles. The van der Waals surface area contributed by atoms with Crippen LogP contribution in [0.3, 0.4) is 0 Å². The summed E-state index contributed by atoms with van der Waals surface area (Å²) in [6.07, 6.45) is 17.0. The number of carbonyl (C=O) groups excluding carboxylic acids is 3. The number of likely N-dealkylation sites (tertiary alicyclic amines) is 2. The Morgan fingerprint density at radius 1 is 0.538 bits per heavy atom. The van der Waals surface area contributed by atoms with E-state index in [2.05, 4.69) is 69.7 Å². The molecule has 3 saturated heterocycles. The molecule has 3 unspecified atom stereocenters. The Bertz CT molecular complexity index is 2910. The summed E-state index contributed by atoms with van der Waals surface area (Å²) in [5, 5.41) is 15.9. The van der Waals surface area contributed by atoms with Crippen LogP contribution in [0, 0.1) is 17.5 Å². The summed E-state index contributed by atoms with van der Waals surface area (Å²) in [5.41, 5.74) is 25.0. The Morgan fingerprint density at radius 3 is 1.33 bits per heavy atom. The van der Waals surface area contributed by atoms with Gasteiger partial charge in [0.1, 0.15) is 17.5 Å². The van der Waals surface area contributed by atoms with Gasteiger partial charge >= 0.3 is 5.97 Å². The normalized spacial score (nSPS) is 20.7. The van der Waals surface area contributed by atoms with Crippen LogP contribution in [0.5, 0.6) is 0 Å². The van der Waals surface area contributed by atoms with E-state index in [1.807, 2.05) is 18.2 Å². The van der Waals surface area contributed by atoms with Gasteiger partial charge in [-0.15, -0.1) is 0 Å². The lowest BCUT2D eigenvalue weighted by Gasteiger charge is -2.34. The van der Waals surface area contributed by atoms with Crippen molar-refractivity contribution in [3.05, 3.63) is 161 Å². The van der Waals surface area contributed by atoms with Gasteiger partial charge < -0.3 is 53.8 Å². The fourth-order valence-electron chi connectivity index (χ4n) is 10.2. The highest BCUT2D eigenvalue weighted by molar-refractivity contribution is 5.96. The Hall–Kier alpha value is -7.66. The molecular formula is C56H73F3N15O4+. The number of aromatic nitrogens is 6. The zero-order chi connectivity index (χ0) is 56.1. The molecule has 3 aliphatic rings. The van der Waals surface area contributed by atoms with Crippen molar-refractivity contribution in [1.82, 2.24) is 55.7 Å². The molecule has 3 aromatic carbocycles. The van der Waals surface area contributed by atoms with Crippen LogP contribution >= 0.6 is 0 Å². The zero-order valence-corrected chi connectivity index (χ0v) is 44.4. The summed E-state index contributed by atoms with van der Waals surface area (Å²) in [7, 11) is 4.22. The number of hydrogen-bond acceptors (Lipinski definition) is 16. The molecule has 9 rings (SSSR count). The van der Waals surface area contributed by atoms with E-state index in [4.69, 9.17) is 28.0 Å². The molecule has 3 aromatic heterocycles. The second-order valence-electron chi connectivity index (χ2n) is 20.1. The fraction of sp³-hybridized carbons (Fsp3) is 0.411. The summed E-state index contributed by atoms with van der Waals surface area (Å²) in [4.78, 5) is 62.9. The van der Waals surface area contributed by atoms with E-state index in [0.717, 1.165) is 114 Å². The Balaban J connectivity index is 0.000000177. The van der Waals surface area contributed by atoms with Crippen molar-refractivity contribution in [3.63, 3.8) is 0 Å². The summed E-state index contributed by atoms with van der Waals surface area (Å²) >= 11 is 0. The molecule has 6 heterocycles. The van der Waals surface area contributed by atoms with Crippen molar-refractivity contribution in [3.8, 4) is 0 Å². The summed E-state index contributed by atoms with van der Waals surface area (Å²) in [6.45, 7) is 7.16. The van der Waals surface area contributed by atoms with Gasteiger partial charge in [0, 0.05) is 73.1 Å². The lowest BCUT2D eigenvalue weighted by molar-refractivity contribution is 0.0690. The number of nitrogen functional groups attached to an aromatic ring is 3. The van der Waals surface area contributed by atoms with Gasteiger partial charge in [-0.3, -0.25) is 9.59 Å². The maximum Gasteiger partial charge on any atom is 0.571 e. The highest BCUT2D eigenvalue weighted by atomic mass is 19.1. The predicted octanol–water partition coefficient (Wildman–Crippen LogP) is 4.68. The molecule has 2 amide bonds. The number of benzene rings is 3. The number of carbonyl (C=O) groups is 3. The molecule has 416 valence electrons. The standard InChI is InChI=1S/C19H24FN5O.C18H22FN5O.C14H21FN2.C5H5N3O2/c1-25-10-3-6-19(7-11-25,14-4-2-5-15(20)12-14)13-24-18(26)16-17(21)23-9-8-22-16;19-14-4-1-3-13(11-14)18(5-2-7-21-8-6-18)12-24-17(25)15-16(20)23-10-9-22-15;1-17-8-3-6-14(11-16,7-9-17)12-4-2-5-13(15)10-12;6-4-3(5(9)10)7-1-2-8-4/h2,4-5,8-9,12H,3,6-7,10-11,13H2,1H3,(H2,21,23)(H,24,26);1,3-4,9-11,21H,2,5-8,12H2,(H2,20,23)(H,24,25);2,4-5,10H,3,6-9,11,16H2,1H3;1-2H,(H2,6,8)(H,9,10)/p+1. The van der Waals surface area contributed by atoms with Crippen LogP contribution in [0.25, 0.3) is 0 Å². The minimum absolute atomic E-state index is 0.00231. The molecule has 78 heavy (non-hydrogen) atoms. The molecule has 3 atom stereocenters. The second kappa shape index (κ2) is 28.6. The molecule has 22 heteroatoms. The van der Waals surface area contributed by atoms with Crippen molar-refractivity contribution >= 4 is 35.2 Å². The number of amides is 2. The summed E-state index contributed by atoms with van der Waals surface area (Å²) < 4.78 is 41.0. The van der Waals surface area contributed by atoms with Crippen molar-refractivity contribution in [2.24, 2.45) is 5.73 Å². The van der Waals surface area contributed by atoms with Gasteiger partial charge in [-0.25, -0.2) is 43.1 Å². The van der Waals surface area contributed by atoms with Crippen LogP contribution in [-0.2, 0) is 16.2 Å². The number of nitrogens with two attached hydrogens (primary N) is 4. The number of nitrogens with zero attached hydrogens (tertiary/aromatic N) is 8. The van der Waals surface area contributed by atoms with Crippen LogP contribution in [0.1, 0.15) is 106 Å². The molecule has 0 aliphatic carbocycles. The van der Waals surface area contributed by atoms with E-state index in [0.29, 0.717) is 19.6 Å². The SMILES string of the molecule is CN1CCCC(CN)(c2cccc(F)c2)CC1.CN1CCCC(CNC(=O)c2nccnc2N)(c2cccc(F)c2)CC1.Nc1nccnc1C(=O)NCC1(c2cccc(F)c2)CCCNCC1.Nc1nccnc1C(=O)[OH2+]. The molecule has 19 nitrogen and oxygen atoms in total. The largest absolute Gasteiger partial charge is 0.571 e. The lowest BCUT2D eigenvalue weighted by atomic mass is 9.74. The second-order valence-corrected chi connectivity index (χ2v) is 20.1. The average molecular weight is 1080 g/mol. The van der Waals surface area contributed by atoms with Crippen molar-refractivity contribution in [2.75, 3.05) is 90.2 Å². The molecule has 13 N–H and O–H groups in total. The number of hydrogen-bond donors (Lipinski definition) is 7. The van der Waals surface area contributed by atoms with E-state index < -0.39 is 5.97 Å². The summed E-state index contributed by atoms with van der Waals surface area (Å²) in [5.74, 6) is -2.11. The number of nitrogens with one attached hydrogen (secondary N) is 3. The summed E-state index contributed by atoms with van der Waals surface area (Å²) in [6, 6.07) is 20.3. The van der Waals surface area contributed by atoms with Gasteiger partial charge in [-0.1, -0.05) is 36.4 Å². The first-order valence-corrected chi connectivity index (χ1v) is 26.1. The van der Waals surface area contributed by atoms with Gasteiger partial charge in [-0.2, -0.15) is 0 Å². The predicted molar refractivity (Wildman–Crippen MR) is 295 cm³/mol. The number of halogens is 3. The Labute approximate surface area is 453 Å². The van der Waals surface area contributed by atoms with Crippen LogP contribution in [0.2, 0.25) is 0 Å². The van der Waals surface area contributed by atoms with Gasteiger partial charge in [-0.05, 0) is 164 Å². The van der Waals surface area contributed by atoms with Crippen molar-refractivity contribution in [1.29, 1.82) is 0 Å². The Morgan fingerprint density at radius 2 is 0.923 bits per heavy atom. The van der Waals surface area contributed by atoms with Gasteiger partial charge in [0.2, 0.25) is 0 Å². The van der Waals surface area contributed by atoms with E-state index in [1.54, 1.807) is 36.4 Å². The van der Waals surface area contributed by atoms with E-state index in [9.17, 15) is 27.6 Å². The number of rotatable bonds is 11. The lowest BCUT2D eigenvalue weighted by Crippen LogP contribution is -2.42. The van der Waals surface area contributed by atoms with Crippen LogP contribution in [0.15, 0.2) is 110 Å². The first-order chi connectivity index (χ1) is 37.5. The topological polar surface area (TPSA) is 298 Å². The molecular weight excluding hydrogens is 1000 g/mol. The molecule has 3 aliphatic heterocycles. The highest BCUT2D eigenvalue weighted by Crippen LogP contribution is 2.37. The van der Waals surface area contributed by atoms with E-state index >= 15 is 0 Å². The van der Waals surface area contributed by atoms with Crippen molar-refractivity contribution < 1.29 is 32.7 Å². The van der Waals surface area contributed by atoms with Gasteiger partial charge in [0.25, 0.3) is 17.5 Å². The third-order valence-corrected chi connectivity index (χ3v) is 14.8. The first-order valence-electron chi connectivity index (χ1n) is 26.1. The Kier molecular flexibility index (Phi) is 21.9. The highest BCUT2D eigenvalue weighted by Gasteiger charge is 2.37. The smallest absolute Gasteiger partial charge is 0.560 e. The van der Waals surface area contributed by atoms with E-state index in [1.165, 1.54) is 55.4 Å². The third kappa shape index (κ3) is 16.4. The monoisotopic (exact) mass is 1080 g/mol. The molecule has 0 radical (unpaired) electrons. The van der Waals surface area contributed by atoms with Crippen LogP contribution in [-0.4, -0.2) is 136 Å². The third-order valence-electron chi connectivity index (χ3n) is 14.8. The van der Waals surface area contributed by atoms with Gasteiger partial charge in [0.05, 0.1) is 4.79 Å². The quantitative estimate of drug-likeness (QED) is 0.0867. The zero-order valence-electron chi connectivity index (χ0n) is 44.4. The average Bonchev–Trinajstić information content (AvgIpc) is 3.90. The molecule has 6 aromatic rings. The van der Waals surface area contributed by atoms with Crippen molar-refractivity contribution in [2.45, 2.75) is 74.0 Å². The maximum absolute atomic E-state index is 13.9. The van der Waals surface area contributed by atoms with Crippen LogP contribution in [0.4, 0.5) is 30.6 Å². The first kappa shape index (κ1) is 59.6. The van der Waals surface area contributed by atoms with E-state index in [-0.39, 0.29) is 80.0 Å². The molecule has 0 spiro atoms.